The average molecular weight is 377 g/mol. The van der Waals surface area contributed by atoms with Crippen molar-refractivity contribution in [2.24, 2.45) is 0 Å². The lowest BCUT2D eigenvalue weighted by atomic mass is 9.97. The molecular weight excluding hydrogens is 350 g/mol. The Kier molecular flexibility index (Phi) is 5.07. The van der Waals surface area contributed by atoms with Crippen molar-refractivity contribution in [3.8, 4) is 0 Å². The third kappa shape index (κ3) is 3.37. The van der Waals surface area contributed by atoms with Crippen molar-refractivity contribution >= 4 is 17.5 Å². The minimum atomic E-state index is -0.112. The lowest BCUT2D eigenvalue weighted by Crippen LogP contribution is -2.57. The van der Waals surface area contributed by atoms with E-state index in [1.807, 2.05) is 42.2 Å². The fraction of sp³-hybridized carbons (Fsp3) is 0.391. The molecule has 0 spiro atoms. The number of nitrogens with one attached hydrogen (secondary N) is 1. The molecule has 2 aromatic rings. The summed E-state index contributed by atoms with van der Waals surface area (Å²) < 4.78 is 0. The van der Waals surface area contributed by atoms with Crippen molar-refractivity contribution in [1.29, 1.82) is 0 Å². The van der Waals surface area contributed by atoms with Gasteiger partial charge in [0, 0.05) is 25.2 Å². The van der Waals surface area contributed by atoms with Crippen LogP contribution in [0.5, 0.6) is 0 Å². The molecule has 1 fully saturated rings. The number of aryl methyl sites for hydroxylation is 1. The van der Waals surface area contributed by atoms with E-state index < -0.39 is 0 Å². The quantitative estimate of drug-likeness (QED) is 0.884. The van der Waals surface area contributed by atoms with Gasteiger partial charge in [-0.25, -0.2) is 0 Å². The Morgan fingerprint density at radius 3 is 2.82 bits per heavy atom. The number of rotatable bonds is 4. The molecule has 1 saturated heterocycles. The van der Waals surface area contributed by atoms with E-state index in [0.717, 1.165) is 43.6 Å². The first-order valence-electron chi connectivity index (χ1n) is 10.1. The summed E-state index contributed by atoms with van der Waals surface area (Å²) in [5.41, 5.74) is 4.44. The van der Waals surface area contributed by atoms with Crippen molar-refractivity contribution < 1.29 is 9.59 Å². The van der Waals surface area contributed by atoms with Crippen molar-refractivity contribution in [1.82, 2.24) is 10.2 Å². The van der Waals surface area contributed by atoms with Crippen molar-refractivity contribution in [3.05, 3.63) is 64.7 Å². The number of fused-ring (bicyclic) bond motifs is 2. The van der Waals surface area contributed by atoms with Gasteiger partial charge in [0.05, 0.1) is 11.3 Å². The average Bonchev–Trinajstić information content (AvgIpc) is 2.72. The zero-order chi connectivity index (χ0) is 19.7. The van der Waals surface area contributed by atoms with E-state index in [4.69, 9.17) is 0 Å². The van der Waals surface area contributed by atoms with Crippen LogP contribution in [0.2, 0.25) is 0 Å². The molecule has 4 rings (SSSR count). The number of amides is 2. The number of carbonyl (C=O) groups is 2. The van der Waals surface area contributed by atoms with E-state index in [0.29, 0.717) is 17.7 Å². The molecule has 146 valence electrons. The summed E-state index contributed by atoms with van der Waals surface area (Å²) in [5, 5.41) is 3.00. The summed E-state index contributed by atoms with van der Waals surface area (Å²) in [7, 11) is 0. The first-order valence-corrected chi connectivity index (χ1v) is 10.1. The second kappa shape index (κ2) is 7.66. The van der Waals surface area contributed by atoms with E-state index in [1.54, 1.807) is 6.07 Å². The van der Waals surface area contributed by atoms with Crippen LogP contribution in [-0.4, -0.2) is 36.0 Å². The molecule has 0 saturated carbocycles. The summed E-state index contributed by atoms with van der Waals surface area (Å²) in [5.74, 6) is -0.0185. The van der Waals surface area contributed by atoms with Gasteiger partial charge < -0.3 is 15.1 Å². The summed E-state index contributed by atoms with van der Waals surface area (Å²) in [4.78, 5) is 29.9. The number of nitrogens with zero attached hydrogens (tertiary/aromatic N) is 2. The molecule has 2 heterocycles. The van der Waals surface area contributed by atoms with Crippen molar-refractivity contribution in [3.63, 3.8) is 0 Å². The van der Waals surface area contributed by atoms with Gasteiger partial charge in [-0.05, 0) is 56.9 Å². The normalized spacial score (nSPS) is 18.5. The third-order valence-corrected chi connectivity index (χ3v) is 5.77. The van der Waals surface area contributed by atoms with Gasteiger partial charge in [0.2, 0.25) is 0 Å². The van der Waals surface area contributed by atoms with Crippen LogP contribution in [0, 0.1) is 6.92 Å². The Morgan fingerprint density at radius 2 is 2.04 bits per heavy atom. The van der Waals surface area contributed by atoms with E-state index in [2.05, 4.69) is 23.2 Å². The van der Waals surface area contributed by atoms with Gasteiger partial charge >= 0.3 is 0 Å². The number of carbonyl (C=O) groups excluding carboxylic acids is 2. The fourth-order valence-electron chi connectivity index (χ4n) is 4.37. The zero-order valence-electron chi connectivity index (χ0n) is 16.6. The molecule has 2 aromatic carbocycles. The molecule has 1 atom stereocenters. The van der Waals surface area contributed by atoms with Crippen LogP contribution in [0.1, 0.15) is 58.0 Å². The van der Waals surface area contributed by atoms with Gasteiger partial charge in [0.25, 0.3) is 11.8 Å². The first-order chi connectivity index (χ1) is 13.6. The summed E-state index contributed by atoms with van der Waals surface area (Å²) in [6.07, 6.45) is 3.30. The molecule has 5 heteroatoms. The lowest BCUT2D eigenvalue weighted by Gasteiger charge is -2.47. The summed E-state index contributed by atoms with van der Waals surface area (Å²) in [6, 6.07) is 13.6. The molecule has 2 aliphatic heterocycles. The second-order valence-electron chi connectivity index (χ2n) is 7.66. The number of benzene rings is 2. The standard InChI is InChI=1S/C23H27N3O2/c1-3-25-20-14-18(22(27)24-15-17-8-6-7-16(2)13-17)10-11-19(20)23(28)26-12-5-4-9-21(25)26/h6-8,10-11,13-14,21H,3-5,9,12,15H2,1-2H3,(H,24,27)/t21-/m1/s1. The second-order valence-corrected chi connectivity index (χ2v) is 7.66. The van der Waals surface area contributed by atoms with Gasteiger partial charge in [-0.3, -0.25) is 9.59 Å². The van der Waals surface area contributed by atoms with Gasteiger partial charge in [0.15, 0.2) is 0 Å². The Balaban J connectivity index is 1.57. The molecule has 0 bridgehead atoms. The van der Waals surface area contributed by atoms with Crippen LogP contribution in [0.25, 0.3) is 0 Å². The molecule has 0 radical (unpaired) electrons. The van der Waals surface area contributed by atoms with E-state index in [-0.39, 0.29) is 18.0 Å². The van der Waals surface area contributed by atoms with Crippen LogP contribution in [0.4, 0.5) is 5.69 Å². The maximum absolute atomic E-state index is 12.9. The van der Waals surface area contributed by atoms with Crippen molar-refractivity contribution in [2.75, 3.05) is 18.0 Å². The maximum atomic E-state index is 12.9. The van der Waals surface area contributed by atoms with Gasteiger partial charge in [-0.2, -0.15) is 0 Å². The van der Waals surface area contributed by atoms with Crippen LogP contribution >= 0.6 is 0 Å². The van der Waals surface area contributed by atoms with Gasteiger partial charge in [0.1, 0.15) is 6.17 Å². The predicted octanol–water partition coefficient (Wildman–Crippen LogP) is 3.72. The molecule has 2 amide bonds. The zero-order valence-corrected chi connectivity index (χ0v) is 16.6. The molecule has 0 unspecified atom stereocenters. The van der Waals surface area contributed by atoms with Crippen molar-refractivity contribution in [2.45, 2.75) is 45.8 Å². The molecule has 5 nitrogen and oxygen atoms in total. The Hall–Kier alpha value is -2.82. The highest BCUT2D eigenvalue weighted by atomic mass is 16.2. The maximum Gasteiger partial charge on any atom is 0.257 e. The van der Waals surface area contributed by atoms with E-state index >= 15 is 0 Å². The van der Waals surface area contributed by atoms with Crippen LogP contribution in [0.3, 0.4) is 0 Å². The van der Waals surface area contributed by atoms with Crippen LogP contribution in [-0.2, 0) is 6.54 Å². The summed E-state index contributed by atoms with van der Waals surface area (Å²) in [6.45, 7) is 6.27. The number of anilines is 1. The van der Waals surface area contributed by atoms with E-state index in [1.165, 1.54) is 5.56 Å². The number of hydrogen-bond donors (Lipinski definition) is 1. The molecule has 2 aliphatic rings. The molecule has 0 aliphatic carbocycles. The number of hydrogen-bond acceptors (Lipinski definition) is 3. The molecule has 0 aromatic heterocycles. The predicted molar refractivity (Wildman–Crippen MR) is 110 cm³/mol. The summed E-state index contributed by atoms with van der Waals surface area (Å²) >= 11 is 0. The highest BCUT2D eigenvalue weighted by Gasteiger charge is 2.38. The van der Waals surface area contributed by atoms with Crippen LogP contribution in [0.15, 0.2) is 42.5 Å². The largest absolute Gasteiger partial charge is 0.351 e. The lowest BCUT2D eigenvalue weighted by molar-refractivity contribution is 0.0582. The third-order valence-electron chi connectivity index (χ3n) is 5.77. The Morgan fingerprint density at radius 1 is 1.18 bits per heavy atom. The number of piperidine rings is 1. The SMILES string of the molecule is CCN1c2cc(C(=O)NCc3cccc(C)c3)ccc2C(=O)N2CCCC[C@@H]21. The topological polar surface area (TPSA) is 52.7 Å². The highest BCUT2D eigenvalue weighted by molar-refractivity contribution is 6.04. The minimum absolute atomic E-state index is 0.0936. The fourth-order valence-corrected chi connectivity index (χ4v) is 4.37. The van der Waals surface area contributed by atoms with E-state index in [9.17, 15) is 9.59 Å². The molecular formula is C23H27N3O2. The highest BCUT2D eigenvalue weighted by Crippen LogP contribution is 2.35. The monoisotopic (exact) mass is 377 g/mol. The van der Waals surface area contributed by atoms with Gasteiger partial charge in [-0.1, -0.05) is 29.8 Å². The molecule has 28 heavy (non-hydrogen) atoms. The van der Waals surface area contributed by atoms with Crippen LogP contribution < -0.4 is 10.2 Å². The Bertz CT molecular complexity index is 908. The minimum Gasteiger partial charge on any atom is -0.351 e. The smallest absolute Gasteiger partial charge is 0.257 e. The molecule has 1 N–H and O–H groups in total. The Labute approximate surface area is 166 Å². The van der Waals surface area contributed by atoms with Gasteiger partial charge in [-0.15, -0.1) is 0 Å². The first kappa shape index (κ1) is 18.5.